The fraction of sp³-hybridized carbons (Fsp3) is 0.364. The van der Waals surface area contributed by atoms with E-state index in [1.54, 1.807) is 11.3 Å². The first-order chi connectivity index (χ1) is 7.74. The van der Waals surface area contributed by atoms with Gasteiger partial charge in [-0.15, -0.1) is 11.3 Å². The molecule has 0 amide bonds. The molecule has 2 N–H and O–H groups in total. The predicted molar refractivity (Wildman–Crippen MR) is 65.6 cm³/mol. The molecule has 0 saturated carbocycles. The molecule has 0 spiro atoms. The van der Waals surface area contributed by atoms with Crippen molar-refractivity contribution in [3.8, 4) is 0 Å². The summed E-state index contributed by atoms with van der Waals surface area (Å²) in [7, 11) is 0. The molecule has 3 rings (SSSR count). The van der Waals surface area contributed by atoms with Crippen molar-refractivity contribution >= 4 is 27.2 Å². The highest BCUT2D eigenvalue weighted by molar-refractivity contribution is 7.16. The molecule has 1 aromatic heterocycles. The van der Waals surface area contributed by atoms with Gasteiger partial charge in [0, 0.05) is 18.3 Å². The summed E-state index contributed by atoms with van der Waals surface area (Å²) in [4.78, 5) is 6.20. The maximum absolute atomic E-state index is 9.84. The molecule has 5 heteroatoms. The predicted octanol–water partition coefficient (Wildman–Crippen LogP) is 1.37. The number of aromatic nitrogens is 1. The minimum Gasteiger partial charge on any atom is -0.361 e. The number of hydrogen-bond acceptors (Lipinski definition) is 5. The Labute approximate surface area is 97.5 Å². The number of hydrogen-bond donors (Lipinski definition) is 2. The highest BCUT2D eigenvalue weighted by atomic mass is 32.1. The van der Waals surface area contributed by atoms with E-state index in [1.165, 1.54) is 0 Å². The van der Waals surface area contributed by atoms with Gasteiger partial charge >= 0.3 is 0 Å². The lowest BCUT2D eigenvalue weighted by Crippen LogP contribution is -2.35. The molecule has 1 saturated heterocycles. The van der Waals surface area contributed by atoms with E-state index in [1.807, 2.05) is 22.5 Å². The van der Waals surface area contributed by atoms with Crippen molar-refractivity contribution in [1.29, 1.82) is 0 Å². The minimum absolute atomic E-state index is 0.312. The number of rotatable bonds is 1. The van der Waals surface area contributed by atoms with E-state index in [0.29, 0.717) is 6.04 Å². The van der Waals surface area contributed by atoms with Gasteiger partial charge in [-0.05, 0) is 25.1 Å². The maximum atomic E-state index is 9.84. The van der Waals surface area contributed by atoms with Gasteiger partial charge in [0.05, 0.1) is 15.7 Å². The molecular weight excluding hydrogens is 222 g/mol. The van der Waals surface area contributed by atoms with Crippen LogP contribution in [0.25, 0.3) is 10.2 Å². The van der Waals surface area contributed by atoms with Crippen LogP contribution in [0.1, 0.15) is 6.92 Å². The van der Waals surface area contributed by atoms with Gasteiger partial charge in [0.25, 0.3) is 0 Å². The SMILES string of the molecule is CC1CN(c2ccc3ncsc3c2)C(O)N1. The number of aliphatic hydroxyl groups is 1. The van der Waals surface area contributed by atoms with E-state index in [9.17, 15) is 5.11 Å². The van der Waals surface area contributed by atoms with Crippen LogP contribution in [0.3, 0.4) is 0 Å². The summed E-state index contributed by atoms with van der Waals surface area (Å²) in [5, 5.41) is 12.9. The number of nitrogens with one attached hydrogen (secondary N) is 1. The molecular formula is C11H13N3OS. The Hall–Kier alpha value is -1.17. The molecule has 1 aliphatic heterocycles. The molecule has 2 unspecified atom stereocenters. The standard InChI is InChI=1S/C11H13N3OS/c1-7-5-14(11(15)13-7)8-2-3-9-10(4-8)16-6-12-9/h2-4,6-7,11,13,15H,5H2,1H3. The van der Waals surface area contributed by atoms with Gasteiger partial charge in [-0.25, -0.2) is 4.98 Å². The minimum atomic E-state index is -0.583. The van der Waals surface area contributed by atoms with Crippen LogP contribution in [0.2, 0.25) is 0 Å². The smallest absolute Gasteiger partial charge is 0.184 e. The summed E-state index contributed by atoms with van der Waals surface area (Å²) < 4.78 is 1.16. The van der Waals surface area contributed by atoms with Crippen molar-refractivity contribution in [1.82, 2.24) is 10.3 Å². The van der Waals surface area contributed by atoms with Crippen LogP contribution in [-0.2, 0) is 0 Å². The number of aliphatic hydroxyl groups excluding tert-OH is 1. The first kappa shape index (κ1) is 10.0. The Morgan fingerprint density at radius 2 is 2.44 bits per heavy atom. The average Bonchev–Trinajstić information content (AvgIpc) is 2.83. The topological polar surface area (TPSA) is 48.4 Å². The number of fused-ring (bicyclic) bond motifs is 1. The highest BCUT2D eigenvalue weighted by Gasteiger charge is 2.27. The third-order valence-electron chi connectivity index (χ3n) is 2.85. The van der Waals surface area contributed by atoms with E-state index in [4.69, 9.17) is 0 Å². The van der Waals surface area contributed by atoms with E-state index >= 15 is 0 Å². The van der Waals surface area contributed by atoms with Gasteiger partial charge < -0.3 is 10.0 Å². The fourth-order valence-electron chi connectivity index (χ4n) is 2.06. The molecule has 84 valence electrons. The molecule has 1 aromatic carbocycles. The maximum Gasteiger partial charge on any atom is 0.184 e. The van der Waals surface area contributed by atoms with Crippen LogP contribution in [0.4, 0.5) is 5.69 Å². The molecule has 16 heavy (non-hydrogen) atoms. The molecule has 4 nitrogen and oxygen atoms in total. The summed E-state index contributed by atoms with van der Waals surface area (Å²) in [5.74, 6) is 0. The van der Waals surface area contributed by atoms with E-state index in [0.717, 1.165) is 22.4 Å². The second kappa shape index (κ2) is 3.69. The lowest BCUT2D eigenvalue weighted by Gasteiger charge is -2.21. The van der Waals surface area contributed by atoms with Crippen LogP contribution in [-0.4, -0.2) is 29.0 Å². The average molecular weight is 235 g/mol. The molecule has 2 heterocycles. The third kappa shape index (κ3) is 1.57. The molecule has 2 aromatic rings. The van der Waals surface area contributed by atoms with Crippen molar-refractivity contribution in [3.05, 3.63) is 23.7 Å². The van der Waals surface area contributed by atoms with E-state index in [-0.39, 0.29) is 0 Å². The van der Waals surface area contributed by atoms with Crippen molar-refractivity contribution in [2.45, 2.75) is 19.3 Å². The van der Waals surface area contributed by atoms with Crippen molar-refractivity contribution in [3.63, 3.8) is 0 Å². The van der Waals surface area contributed by atoms with Gasteiger partial charge in [-0.2, -0.15) is 0 Å². The van der Waals surface area contributed by atoms with Crippen LogP contribution in [0.15, 0.2) is 23.7 Å². The van der Waals surface area contributed by atoms with Crippen molar-refractivity contribution in [2.24, 2.45) is 0 Å². The molecule has 0 bridgehead atoms. The quantitative estimate of drug-likeness (QED) is 0.784. The Morgan fingerprint density at radius 3 is 3.19 bits per heavy atom. The second-order valence-corrected chi connectivity index (χ2v) is 4.98. The Morgan fingerprint density at radius 1 is 1.56 bits per heavy atom. The molecule has 1 fully saturated rings. The summed E-state index contributed by atoms with van der Waals surface area (Å²) in [5.41, 5.74) is 3.90. The monoisotopic (exact) mass is 235 g/mol. The van der Waals surface area contributed by atoms with Gasteiger partial charge in [-0.1, -0.05) is 0 Å². The van der Waals surface area contributed by atoms with E-state index < -0.39 is 6.35 Å². The Balaban J connectivity index is 1.99. The van der Waals surface area contributed by atoms with Crippen molar-refractivity contribution in [2.75, 3.05) is 11.4 Å². The number of thiazole rings is 1. The fourth-order valence-corrected chi connectivity index (χ4v) is 2.77. The normalized spacial score (nSPS) is 25.5. The van der Waals surface area contributed by atoms with Gasteiger partial charge in [0.2, 0.25) is 0 Å². The number of benzene rings is 1. The molecule has 1 aliphatic rings. The summed E-state index contributed by atoms with van der Waals surface area (Å²) >= 11 is 1.62. The molecule has 2 atom stereocenters. The van der Waals surface area contributed by atoms with Crippen molar-refractivity contribution < 1.29 is 5.11 Å². The largest absolute Gasteiger partial charge is 0.361 e. The Kier molecular flexibility index (Phi) is 2.31. The zero-order chi connectivity index (χ0) is 11.1. The van der Waals surface area contributed by atoms with Gasteiger partial charge in [0.1, 0.15) is 0 Å². The van der Waals surface area contributed by atoms with Gasteiger partial charge in [0.15, 0.2) is 6.35 Å². The summed E-state index contributed by atoms with van der Waals surface area (Å²) in [6.07, 6.45) is -0.583. The second-order valence-electron chi connectivity index (χ2n) is 4.10. The van der Waals surface area contributed by atoms with Crippen LogP contribution >= 0.6 is 11.3 Å². The Bertz CT molecular complexity index is 513. The molecule has 0 radical (unpaired) electrons. The van der Waals surface area contributed by atoms with Crippen LogP contribution in [0, 0.1) is 0 Å². The van der Waals surface area contributed by atoms with Crippen LogP contribution in [0.5, 0.6) is 0 Å². The first-order valence-electron chi connectivity index (χ1n) is 5.28. The lowest BCUT2D eigenvalue weighted by atomic mass is 10.2. The van der Waals surface area contributed by atoms with Crippen LogP contribution < -0.4 is 10.2 Å². The zero-order valence-corrected chi connectivity index (χ0v) is 9.74. The first-order valence-corrected chi connectivity index (χ1v) is 6.16. The lowest BCUT2D eigenvalue weighted by molar-refractivity contribution is 0.158. The van der Waals surface area contributed by atoms with E-state index in [2.05, 4.69) is 23.3 Å². The molecule has 0 aliphatic carbocycles. The number of nitrogens with zero attached hydrogens (tertiary/aromatic N) is 2. The van der Waals surface area contributed by atoms with Gasteiger partial charge in [-0.3, -0.25) is 5.32 Å². The zero-order valence-electron chi connectivity index (χ0n) is 8.92. The third-order valence-corrected chi connectivity index (χ3v) is 3.64. The highest BCUT2D eigenvalue weighted by Crippen LogP contribution is 2.26. The summed E-state index contributed by atoms with van der Waals surface area (Å²) in [6.45, 7) is 2.89. The summed E-state index contributed by atoms with van der Waals surface area (Å²) in [6, 6.07) is 6.39. The number of anilines is 1.